The number of rotatable bonds is 3. The third-order valence-corrected chi connectivity index (χ3v) is 13.8. The molecule has 0 atom stereocenters. The van der Waals surface area contributed by atoms with E-state index in [1.54, 1.807) is 9.37 Å². The molecule has 0 heterocycles. The van der Waals surface area contributed by atoms with Crippen molar-refractivity contribution in [3.8, 4) is 0 Å². The molecule has 0 aliphatic rings. The zero-order valence-electron chi connectivity index (χ0n) is 11.2. The van der Waals surface area contributed by atoms with Crippen molar-refractivity contribution in [1.29, 1.82) is 0 Å². The molecule has 0 bridgehead atoms. The second-order valence-corrected chi connectivity index (χ2v) is 14.1. The first-order chi connectivity index (χ1) is 9.45. The van der Waals surface area contributed by atoms with Crippen molar-refractivity contribution in [2.24, 2.45) is 0 Å². The number of hydrogen-bond donors (Lipinski definition) is 0. The Morgan fingerprint density at radius 1 is 0.400 bits per heavy atom. The van der Waals surface area contributed by atoms with Gasteiger partial charge in [0.2, 0.25) is 0 Å². The van der Waals surface area contributed by atoms with Gasteiger partial charge in [-0.15, -0.1) is 0 Å². The van der Waals surface area contributed by atoms with Crippen LogP contribution in [-0.2, 0) is 0 Å². The predicted molar refractivity (Wildman–Crippen MR) is 87.6 cm³/mol. The van der Waals surface area contributed by atoms with Crippen LogP contribution < -0.4 is 9.37 Å². The molecule has 99 valence electrons. The summed E-state index contributed by atoms with van der Waals surface area (Å²) in [6.45, 7) is 0. The van der Waals surface area contributed by atoms with E-state index in [4.69, 9.17) is 0 Å². The Balaban J connectivity index is 0.00000147. The SMILES string of the molecule is O.c1cc[c]([Pb]([c]2ccccc2)[c]2ccccc2)cc1. The van der Waals surface area contributed by atoms with Crippen molar-refractivity contribution in [1.82, 2.24) is 0 Å². The van der Waals surface area contributed by atoms with E-state index in [-0.39, 0.29) is 5.48 Å². The van der Waals surface area contributed by atoms with Crippen LogP contribution >= 0.6 is 0 Å². The fraction of sp³-hybridized carbons (Fsp3) is 0. The summed E-state index contributed by atoms with van der Waals surface area (Å²) >= 11 is -2.17. The molecule has 1 nitrogen and oxygen atoms in total. The Bertz CT molecular complexity index is 529. The Morgan fingerprint density at radius 2 is 0.650 bits per heavy atom. The average molecular weight is 457 g/mol. The quantitative estimate of drug-likeness (QED) is 0.534. The van der Waals surface area contributed by atoms with Gasteiger partial charge >= 0.3 is 123 Å². The molecule has 1 radical (unpaired) electrons. The minimum absolute atomic E-state index is 0. The summed E-state index contributed by atoms with van der Waals surface area (Å²) in [5.74, 6) is 0. The van der Waals surface area contributed by atoms with Crippen LogP contribution in [0.2, 0.25) is 0 Å². The van der Waals surface area contributed by atoms with E-state index >= 15 is 0 Å². The maximum absolute atomic E-state index is 2.29. The van der Waals surface area contributed by atoms with Gasteiger partial charge in [0, 0.05) is 0 Å². The molecule has 0 fully saturated rings. The molecule has 0 saturated carbocycles. The van der Waals surface area contributed by atoms with Gasteiger partial charge in [-0.25, -0.2) is 0 Å². The summed E-state index contributed by atoms with van der Waals surface area (Å²) < 4.78 is 4.64. The summed E-state index contributed by atoms with van der Waals surface area (Å²) in [5, 5.41) is 0. The molecule has 2 N–H and O–H groups in total. The van der Waals surface area contributed by atoms with Crippen molar-refractivity contribution in [2.45, 2.75) is 0 Å². The summed E-state index contributed by atoms with van der Waals surface area (Å²) in [6, 6.07) is 33.0. The van der Waals surface area contributed by atoms with Gasteiger partial charge in [0.15, 0.2) is 0 Å². The third-order valence-electron chi connectivity index (χ3n) is 3.19. The molecule has 0 amide bonds. The first-order valence-corrected chi connectivity index (χ1v) is 12.3. The van der Waals surface area contributed by atoms with Crippen molar-refractivity contribution in [3.63, 3.8) is 0 Å². The first-order valence-electron chi connectivity index (χ1n) is 6.48. The van der Waals surface area contributed by atoms with E-state index < -0.39 is 22.7 Å². The van der Waals surface area contributed by atoms with E-state index in [1.807, 2.05) is 0 Å². The summed E-state index contributed by atoms with van der Waals surface area (Å²) in [7, 11) is 0. The van der Waals surface area contributed by atoms with Gasteiger partial charge in [-0.3, -0.25) is 0 Å². The molecule has 20 heavy (non-hydrogen) atoms. The van der Waals surface area contributed by atoms with Crippen LogP contribution in [0, 0.1) is 0 Å². The maximum atomic E-state index is 2.29. The molecular weight excluding hydrogens is 439 g/mol. The second-order valence-electron chi connectivity index (χ2n) is 4.47. The van der Waals surface area contributed by atoms with Gasteiger partial charge in [0.05, 0.1) is 0 Å². The number of benzene rings is 3. The van der Waals surface area contributed by atoms with E-state index in [9.17, 15) is 0 Å². The Hall–Kier alpha value is -1.46. The molecule has 0 aromatic heterocycles. The Kier molecular flexibility index (Phi) is 5.50. The van der Waals surface area contributed by atoms with Crippen molar-refractivity contribution < 1.29 is 5.48 Å². The molecule has 0 unspecified atom stereocenters. The molecule has 0 saturated heterocycles. The average Bonchev–Trinajstić information content (AvgIpc) is 2.51. The van der Waals surface area contributed by atoms with Crippen LogP contribution in [0.4, 0.5) is 0 Å². The fourth-order valence-corrected chi connectivity index (χ4v) is 12.3. The zero-order valence-corrected chi connectivity index (χ0v) is 15.0. The molecule has 2 heteroatoms. The van der Waals surface area contributed by atoms with Crippen LogP contribution in [0.15, 0.2) is 91.0 Å². The first kappa shape index (κ1) is 14.9. The van der Waals surface area contributed by atoms with Crippen molar-refractivity contribution in [2.75, 3.05) is 0 Å². The summed E-state index contributed by atoms with van der Waals surface area (Å²) in [5.41, 5.74) is 0. The van der Waals surface area contributed by atoms with Gasteiger partial charge in [0.1, 0.15) is 0 Å². The Morgan fingerprint density at radius 3 is 0.900 bits per heavy atom. The monoisotopic (exact) mass is 457 g/mol. The Labute approximate surface area is 128 Å². The zero-order chi connectivity index (χ0) is 12.9. The van der Waals surface area contributed by atoms with Gasteiger partial charge in [-0.1, -0.05) is 0 Å². The molecule has 0 aliphatic carbocycles. The summed E-state index contributed by atoms with van der Waals surface area (Å²) in [6.07, 6.45) is 0. The van der Waals surface area contributed by atoms with Crippen LogP contribution in [0.1, 0.15) is 0 Å². The van der Waals surface area contributed by atoms with Crippen molar-refractivity contribution >= 4 is 32.1 Å². The van der Waals surface area contributed by atoms with Crippen LogP contribution in [0.25, 0.3) is 0 Å². The molecule has 3 aromatic rings. The van der Waals surface area contributed by atoms with E-state index in [0.717, 1.165) is 0 Å². The normalized spacial score (nSPS) is 10.1. The van der Waals surface area contributed by atoms with Gasteiger partial charge in [-0.05, 0) is 0 Å². The molecule has 3 aromatic carbocycles. The predicted octanol–water partition coefficient (Wildman–Crippen LogP) is 1.38. The van der Waals surface area contributed by atoms with Crippen LogP contribution in [0.5, 0.6) is 0 Å². The van der Waals surface area contributed by atoms with Gasteiger partial charge in [-0.2, -0.15) is 0 Å². The van der Waals surface area contributed by atoms with Crippen LogP contribution in [-0.4, -0.2) is 28.2 Å². The number of hydrogen-bond acceptors (Lipinski definition) is 0. The van der Waals surface area contributed by atoms with E-state index in [2.05, 4.69) is 91.0 Å². The third kappa shape index (κ3) is 3.35. The summed E-state index contributed by atoms with van der Waals surface area (Å²) in [4.78, 5) is 0. The fourth-order valence-electron chi connectivity index (χ4n) is 2.31. The topological polar surface area (TPSA) is 31.5 Å². The van der Waals surface area contributed by atoms with E-state index in [0.29, 0.717) is 0 Å². The molecule has 0 spiro atoms. The van der Waals surface area contributed by atoms with Crippen LogP contribution in [0.3, 0.4) is 0 Å². The molecule has 3 rings (SSSR count). The van der Waals surface area contributed by atoms with Crippen molar-refractivity contribution in [3.05, 3.63) is 91.0 Å². The minimum atomic E-state index is -2.17. The van der Waals surface area contributed by atoms with Gasteiger partial charge < -0.3 is 5.48 Å². The molecular formula is C18H17OPb. The second kappa shape index (κ2) is 7.36. The van der Waals surface area contributed by atoms with Gasteiger partial charge in [0.25, 0.3) is 0 Å². The van der Waals surface area contributed by atoms with E-state index in [1.165, 1.54) is 0 Å². The molecule has 0 aliphatic heterocycles. The standard InChI is InChI=1S/3C6H5.H2O.Pb/c3*1-2-4-6-5-3-1;;/h3*1-5H;1H2;.